The van der Waals surface area contributed by atoms with Gasteiger partial charge in [0.25, 0.3) is 0 Å². The number of fused-ring (bicyclic) bond motifs is 1. The first-order chi connectivity index (χ1) is 4.36. The van der Waals surface area contributed by atoms with Crippen LogP contribution in [0.4, 0.5) is 0 Å². The van der Waals surface area contributed by atoms with Gasteiger partial charge in [0, 0.05) is 0 Å². The van der Waals surface area contributed by atoms with Crippen LogP contribution in [0.15, 0.2) is 5.51 Å². The zero-order valence-corrected chi connectivity index (χ0v) is 7.96. The van der Waals surface area contributed by atoms with Crippen molar-refractivity contribution in [1.29, 1.82) is 0 Å². The average Bonchev–Trinajstić information content (AvgIpc) is 2.22. The van der Waals surface area contributed by atoms with Crippen molar-refractivity contribution in [3.8, 4) is 0 Å². The van der Waals surface area contributed by atoms with Gasteiger partial charge in [0.2, 0.25) is 0 Å². The maximum Gasteiger partial charge on any atom is 0.157 e. The third-order valence-electron chi connectivity index (χ3n) is 0.888. The van der Waals surface area contributed by atoms with Crippen molar-refractivity contribution in [2.45, 2.75) is 0 Å². The van der Waals surface area contributed by atoms with Crippen LogP contribution in [0.25, 0.3) is 9.66 Å². The van der Waals surface area contributed by atoms with Crippen LogP contribution in [0.1, 0.15) is 0 Å². The smallest absolute Gasteiger partial charge is 0.157 e. The molecule has 2 rings (SSSR count). The van der Waals surface area contributed by atoms with E-state index in [1.807, 2.05) is 5.51 Å². The first-order valence-electron chi connectivity index (χ1n) is 2.22. The Morgan fingerprint density at radius 1 is 1.44 bits per heavy atom. The molecule has 0 fully saturated rings. The third-order valence-corrected chi connectivity index (χ3v) is 3.39. The molecule has 0 aliphatic heterocycles. The summed E-state index contributed by atoms with van der Waals surface area (Å²) in [6.07, 6.45) is 0. The molecular formula is C4HIN2S2. The number of rotatable bonds is 0. The Kier molecular flexibility index (Phi) is 1.42. The van der Waals surface area contributed by atoms with E-state index in [2.05, 4.69) is 32.6 Å². The lowest BCUT2D eigenvalue weighted by molar-refractivity contribution is 1.47. The first kappa shape index (κ1) is 5.99. The van der Waals surface area contributed by atoms with Crippen molar-refractivity contribution in [2.75, 3.05) is 0 Å². The second-order valence-corrected chi connectivity index (χ2v) is 4.99. The molecule has 5 heteroatoms. The molecule has 0 saturated heterocycles. The van der Waals surface area contributed by atoms with Crippen LogP contribution in [-0.4, -0.2) is 9.97 Å². The van der Waals surface area contributed by atoms with E-state index >= 15 is 0 Å². The predicted molar refractivity (Wildman–Crippen MR) is 48.0 cm³/mol. The fourth-order valence-corrected chi connectivity index (χ4v) is 3.07. The van der Waals surface area contributed by atoms with E-state index < -0.39 is 0 Å². The minimum atomic E-state index is 1.06. The lowest BCUT2D eigenvalue weighted by Gasteiger charge is -1.65. The Labute approximate surface area is 73.1 Å². The molecule has 2 aromatic rings. The standard InChI is InChI=1S/C4HIN2S2/c5-4-7-3-2(9-4)6-1-8-3/h1H. The Hall–Kier alpha value is 0.250. The summed E-state index contributed by atoms with van der Waals surface area (Å²) in [6.45, 7) is 0. The zero-order valence-electron chi connectivity index (χ0n) is 4.17. The van der Waals surface area contributed by atoms with Gasteiger partial charge in [-0.2, -0.15) is 0 Å². The molecule has 0 bridgehead atoms. The summed E-state index contributed by atoms with van der Waals surface area (Å²) < 4.78 is 1.07. The molecule has 0 amide bonds. The number of thiazole rings is 2. The van der Waals surface area contributed by atoms with E-state index in [0.29, 0.717) is 0 Å². The second kappa shape index (κ2) is 2.14. The van der Waals surface area contributed by atoms with Crippen LogP contribution in [0, 0.1) is 3.01 Å². The monoisotopic (exact) mass is 268 g/mol. The molecule has 0 spiro atoms. The van der Waals surface area contributed by atoms with Gasteiger partial charge in [-0.15, -0.1) is 11.3 Å². The molecular weight excluding hydrogens is 267 g/mol. The molecule has 0 radical (unpaired) electrons. The number of halogens is 1. The molecule has 0 aliphatic carbocycles. The van der Waals surface area contributed by atoms with Gasteiger partial charge < -0.3 is 0 Å². The van der Waals surface area contributed by atoms with Gasteiger partial charge in [-0.1, -0.05) is 11.3 Å². The maximum absolute atomic E-state index is 4.23. The molecule has 0 saturated carbocycles. The fourth-order valence-electron chi connectivity index (χ4n) is 0.556. The second-order valence-electron chi connectivity index (χ2n) is 1.43. The minimum Gasteiger partial charge on any atom is -0.232 e. The molecule has 0 unspecified atom stereocenters. The van der Waals surface area contributed by atoms with Gasteiger partial charge >= 0.3 is 0 Å². The third kappa shape index (κ3) is 0.968. The van der Waals surface area contributed by atoms with E-state index in [9.17, 15) is 0 Å². The van der Waals surface area contributed by atoms with E-state index in [1.54, 1.807) is 22.7 Å². The molecule has 0 atom stereocenters. The highest BCUT2D eigenvalue weighted by molar-refractivity contribution is 14.1. The topological polar surface area (TPSA) is 25.8 Å². The average molecular weight is 268 g/mol. The van der Waals surface area contributed by atoms with E-state index in [-0.39, 0.29) is 0 Å². The quantitative estimate of drug-likeness (QED) is 0.685. The fraction of sp³-hybridized carbons (Fsp3) is 0. The number of hydrogen-bond acceptors (Lipinski definition) is 4. The van der Waals surface area contributed by atoms with Gasteiger partial charge in [-0.25, -0.2) is 9.97 Å². The summed E-state index contributed by atoms with van der Waals surface area (Å²) in [5.74, 6) is 0. The Balaban J connectivity index is 2.92. The minimum absolute atomic E-state index is 1.06. The Morgan fingerprint density at radius 2 is 2.33 bits per heavy atom. The molecule has 0 aliphatic rings. The van der Waals surface area contributed by atoms with Crippen LogP contribution in [0.3, 0.4) is 0 Å². The van der Waals surface area contributed by atoms with Crippen LogP contribution in [-0.2, 0) is 0 Å². The van der Waals surface area contributed by atoms with Crippen molar-refractivity contribution in [3.63, 3.8) is 0 Å². The molecule has 0 aromatic carbocycles. The number of aromatic nitrogens is 2. The lowest BCUT2D eigenvalue weighted by Crippen LogP contribution is -1.57. The first-order valence-corrected chi connectivity index (χ1v) is 4.99. The highest BCUT2D eigenvalue weighted by Crippen LogP contribution is 2.24. The Bertz CT molecular complexity index is 297. The summed E-state index contributed by atoms with van der Waals surface area (Å²) in [5, 5.41) is 0. The summed E-state index contributed by atoms with van der Waals surface area (Å²) in [6, 6.07) is 0. The SMILES string of the molecule is Ic1nc2scnc2s1. The summed E-state index contributed by atoms with van der Waals surface area (Å²) >= 11 is 5.43. The summed E-state index contributed by atoms with van der Waals surface area (Å²) in [7, 11) is 0. The predicted octanol–water partition coefficient (Wildman–Crippen LogP) is 2.36. The largest absolute Gasteiger partial charge is 0.232 e. The maximum atomic E-state index is 4.23. The molecule has 2 aromatic heterocycles. The Morgan fingerprint density at radius 3 is 3.11 bits per heavy atom. The van der Waals surface area contributed by atoms with Crippen LogP contribution < -0.4 is 0 Å². The molecule has 2 heterocycles. The van der Waals surface area contributed by atoms with Gasteiger partial charge in [-0.05, 0) is 22.6 Å². The number of hydrogen-bond donors (Lipinski definition) is 0. The number of nitrogens with zero attached hydrogens (tertiary/aromatic N) is 2. The van der Waals surface area contributed by atoms with Crippen molar-refractivity contribution in [2.24, 2.45) is 0 Å². The van der Waals surface area contributed by atoms with Gasteiger partial charge in [0.15, 0.2) is 12.7 Å². The van der Waals surface area contributed by atoms with Crippen molar-refractivity contribution in [1.82, 2.24) is 9.97 Å². The molecule has 46 valence electrons. The van der Waals surface area contributed by atoms with Gasteiger partial charge in [0.05, 0.1) is 5.51 Å². The van der Waals surface area contributed by atoms with Crippen molar-refractivity contribution >= 4 is 54.9 Å². The molecule has 0 N–H and O–H groups in total. The van der Waals surface area contributed by atoms with E-state index in [1.165, 1.54) is 0 Å². The summed E-state index contributed by atoms with van der Waals surface area (Å²) in [4.78, 5) is 10.5. The highest BCUT2D eigenvalue weighted by atomic mass is 127. The van der Waals surface area contributed by atoms with E-state index in [4.69, 9.17) is 0 Å². The van der Waals surface area contributed by atoms with Gasteiger partial charge in [-0.3, -0.25) is 0 Å². The summed E-state index contributed by atoms with van der Waals surface area (Å²) in [5.41, 5.74) is 1.82. The van der Waals surface area contributed by atoms with E-state index in [0.717, 1.165) is 12.7 Å². The van der Waals surface area contributed by atoms with Crippen molar-refractivity contribution in [3.05, 3.63) is 8.52 Å². The molecule has 2 nitrogen and oxygen atoms in total. The van der Waals surface area contributed by atoms with Crippen LogP contribution in [0.2, 0.25) is 0 Å². The molecule has 9 heavy (non-hydrogen) atoms. The lowest BCUT2D eigenvalue weighted by atomic mass is 10.9. The van der Waals surface area contributed by atoms with Crippen LogP contribution >= 0.6 is 45.3 Å². The van der Waals surface area contributed by atoms with Crippen molar-refractivity contribution < 1.29 is 0 Å². The van der Waals surface area contributed by atoms with Gasteiger partial charge in [0.1, 0.15) is 0 Å². The van der Waals surface area contributed by atoms with Crippen LogP contribution in [0.5, 0.6) is 0 Å². The zero-order chi connectivity index (χ0) is 6.27. The highest BCUT2D eigenvalue weighted by Gasteiger charge is 2.01. The normalized spacial score (nSPS) is 10.8.